The molecule has 0 nitrogen and oxygen atoms in total. The summed E-state index contributed by atoms with van der Waals surface area (Å²) >= 11 is 0. The SMILES string of the molecule is Cc1ccccc1-c1ccc2c3cc4c(-c5ccccc5)c5c6ccc7c8ccc9c%10c(ccc(c%11ccc(c5c(-c5ccccc5)c4cc3c3cccc1c32)c6c%117)c%108)-c1cc2ccccc2cc1-9. The summed E-state index contributed by atoms with van der Waals surface area (Å²) in [5.41, 5.74) is 14.4. The third-order valence-corrected chi connectivity index (χ3v) is 16.5. The van der Waals surface area contributed by atoms with Gasteiger partial charge in [-0.05, 0) is 211 Å². The summed E-state index contributed by atoms with van der Waals surface area (Å²) in [7, 11) is 0. The Balaban J connectivity index is 1.04. The molecule has 0 heteroatoms. The first kappa shape index (κ1) is 36.3. The van der Waals surface area contributed by atoms with Crippen molar-refractivity contribution in [2.75, 3.05) is 0 Å². The van der Waals surface area contributed by atoms with Crippen LogP contribution in [0.5, 0.6) is 0 Å². The van der Waals surface area contributed by atoms with Crippen LogP contribution in [0.15, 0.2) is 212 Å². The first-order chi connectivity index (χ1) is 34.2. The second-order valence-electron chi connectivity index (χ2n) is 19.8. The van der Waals surface area contributed by atoms with Crippen LogP contribution in [0.4, 0.5) is 0 Å². The molecular formula is C69H38. The molecule has 0 aliphatic heterocycles. The van der Waals surface area contributed by atoms with Crippen LogP contribution in [0.2, 0.25) is 0 Å². The maximum absolute atomic E-state index is 2.56. The normalized spacial score (nSPS) is 12.7. The van der Waals surface area contributed by atoms with Gasteiger partial charge in [-0.25, -0.2) is 0 Å². The highest BCUT2D eigenvalue weighted by molar-refractivity contribution is 6.47. The lowest BCUT2D eigenvalue weighted by Gasteiger charge is -2.17. The molecule has 0 unspecified atom stereocenters. The maximum Gasteiger partial charge on any atom is -0.000740 e. The van der Waals surface area contributed by atoms with Crippen molar-refractivity contribution in [1.29, 1.82) is 0 Å². The van der Waals surface area contributed by atoms with E-state index in [2.05, 4.69) is 219 Å². The number of rotatable bonds is 3. The molecule has 17 rings (SSSR count). The monoisotopic (exact) mass is 866 g/mol. The molecule has 0 spiro atoms. The third-order valence-electron chi connectivity index (χ3n) is 16.5. The molecule has 0 radical (unpaired) electrons. The van der Waals surface area contributed by atoms with E-state index in [-0.39, 0.29) is 0 Å². The van der Waals surface area contributed by atoms with E-state index in [4.69, 9.17) is 0 Å². The molecule has 1 aliphatic carbocycles. The molecule has 314 valence electrons. The Bertz CT molecular complexity index is 4680. The Morgan fingerprint density at radius 3 is 1.19 bits per heavy atom. The van der Waals surface area contributed by atoms with Gasteiger partial charge in [0.1, 0.15) is 0 Å². The van der Waals surface area contributed by atoms with Crippen molar-refractivity contribution in [2.24, 2.45) is 0 Å². The average molecular weight is 867 g/mol. The summed E-state index contributed by atoms with van der Waals surface area (Å²) in [6, 6.07) is 81.2. The number of aryl methyl sites for hydroxylation is 1. The van der Waals surface area contributed by atoms with E-state index < -0.39 is 0 Å². The Labute approximate surface area is 396 Å². The van der Waals surface area contributed by atoms with Crippen LogP contribution in [-0.4, -0.2) is 0 Å². The Morgan fingerprint density at radius 2 is 0.623 bits per heavy atom. The van der Waals surface area contributed by atoms with Crippen LogP contribution in [-0.2, 0) is 0 Å². The summed E-state index contributed by atoms with van der Waals surface area (Å²) in [6.07, 6.45) is 0. The predicted molar refractivity (Wildman–Crippen MR) is 298 cm³/mol. The zero-order valence-corrected chi connectivity index (χ0v) is 37.7. The number of hydrogen-bond acceptors (Lipinski definition) is 0. The van der Waals surface area contributed by atoms with Crippen LogP contribution in [0.1, 0.15) is 5.56 Å². The molecule has 0 heterocycles. The molecule has 16 aromatic rings. The highest BCUT2D eigenvalue weighted by Gasteiger charge is 2.29. The highest BCUT2D eigenvalue weighted by Crippen LogP contribution is 2.57. The van der Waals surface area contributed by atoms with Gasteiger partial charge in [0.2, 0.25) is 0 Å². The van der Waals surface area contributed by atoms with E-state index in [1.54, 1.807) is 0 Å². The van der Waals surface area contributed by atoms with Gasteiger partial charge in [0.15, 0.2) is 0 Å². The summed E-state index contributed by atoms with van der Waals surface area (Å²) in [4.78, 5) is 0. The fourth-order valence-electron chi connectivity index (χ4n) is 13.7. The zero-order valence-electron chi connectivity index (χ0n) is 37.7. The fourth-order valence-corrected chi connectivity index (χ4v) is 13.7. The van der Waals surface area contributed by atoms with Gasteiger partial charge in [-0.1, -0.05) is 188 Å². The second-order valence-corrected chi connectivity index (χ2v) is 19.8. The van der Waals surface area contributed by atoms with Gasteiger partial charge in [0.25, 0.3) is 0 Å². The van der Waals surface area contributed by atoms with E-state index in [9.17, 15) is 0 Å². The van der Waals surface area contributed by atoms with Crippen molar-refractivity contribution >= 4 is 118 Å². The predicted octanol–water partition coefficient (Wildman–Crippen LogP) is 19.6. The molecule has 0 fully saturated rings. The smallest absolute Gasteiger partial charge is 0.000740 e. The van der Waals surface area contributed by atoms with Crippen molar-refractivity contribution in [3.63, 3.8) is 0 Å². The van der Waals surface area contributed by atoms with Crippen molar-refractivity contribution in [2.45, 2.75) is 6.92 Å². The van der Waals surface area contributed by atoms with Crippen LogP contribution < -0.4 is 0 Å². The highest BCUT2D eigenvalue weighted by atomic mass is 14.3. The minimum Gasteiger partial charge on any atom is -0.0622 e. The summed E-state index contributed by atoms with van der Waals surface area (Å²) in [5, 5.41) is 29.2. The van der Waals surface area contributed by atoms with Crippen LogP contribution >= 0.6 is 0 Å². The lowest BCUT2D eigenvalue weighted by molar-refractivity contribution is 1.47. The second kappa shape index (κ2) is 12.8. The third kappa shape index (κ3) is 4.46. The first-order valence-corrected chi connectivity index (χ1v) is 24.3. The van der Waals surface area contributed by atoms with E-state index in [1.807, 2.05) is 0 Å². The van der Waals surface area contributed by atoms with Crippen molar-refractivity contribution < 1.29 is 0 Å². The minimum absolute atomic E-state index is 1.24. The van der Waals surface area contributed by atoms with Crippen molar-refractivity contribution in [3.05, 3.63) is 218 Å². The van der Waals surface area contributed by atoms with E-state index in [0.717, 1.165) is 0 Å². The first-order valence-electron chi connectivity index (χ1n) is 24.3. The Morgan fingerprint density at radius 1 is 0.203 bits per heavy atom. The lowest BCUT2D eigenvalue weighted by Crippen LogP contribution is -1.89. The standard InChI is InChI=1S/C69H38/c1-37-13-8-11-20-42(37)43-23-24-50-58-36-60-59(35-57(58)45-22-12-21-44(43)63(45)50)61(38-14-4-2-5-15-38)68-53-31-29-48-46-25-27-51-55-33-40-18-9-10-19-41(40)34-56(55)52-28-26-47(64(46)66(51)52)49-30-32-54(67(53)65(48)49)69(68)62(60)39-16-6-3-7-17-39/h2-36H,1H3. The van der Waals surface area contributed by atoms with Gasteiger partial charge >= 0.3 is 0 Å². The zero-order chi connectivity index (χ0) is 44.8. The van der Waals surface area contributed by atoms with Gasteiger partial charge in [-0.3, -0.25) is 0 Å². The lowest BCUT2D eigenvalue weighted by atomic mass is 9.85. The van der Waals surface area contributed by atoms with Gasteiger partial charge in [0.05, 0.1) is 0 Å². The molecule has 0 aromatic heterocycles. The Kier molecular flexibility index (Phi) is 6.72. The van der Waals surface area contributed by atoms with Crippen molar-refractivity contribution in [3.8, 4) is 55.6 Å². The molecule has 69 heavy (non-hydrogen) atoms. The summed E-state index contributed by atoms with van der Waals surface area (Å²) in [5.74, 6) is 0. The van der Waals surface area contributed by atoms with Crippen LogP contribution in [0.25, 0.3) is 174 Å². The van der Waals surface area contributed by atoms with Crippen molar-refractivity contribution in [1.82, 2.24) is 0 Å². The fraction of sp³-hybridized carbons (Fsp3) is 0.0145. The van der Waals surface area contributed by atoms with E-state index in [1.165, 1.54) is 180 Å². The largest absolute Gasteiger partial charge is 0.0622 e. The van der Waals surface area contributed by atoms with E-state index in [0.29, 0.717) is 0 Å². The summed E-state index contributed by atoms with van der Waals surface area (Å²) < 4.78 is 0. The van der Waals surface area contributed by atoms with Gasteiger partial charge in [0, 0.05) is 0 Å². The molecular weight excluding hydrogens is 829 g/mol. The number of fused-ring (bicyclic) bond motifs is 13. The molecule has 0 atom stereocenters. The Hall–Kier alpha value is -8.84. The van der Waals surface area contributed by atoms with Gasteiger partial charge < -0.3 is 0 Å². The average Bonchev–Trinajstić information content (AvgIpc) is 4.03. The van der Waals surface area contributed by atoms with Crippen LogP contribution in [0, 0.1) is 6.92 Å². The molecule has 0 bridgehead atoms. The molecule has 0 saturated carbocycles. The molecule has 0 saturated heterocycles. The number of hydrogen-bond donors (Lipinski definition) is 0. The van der Waals surface area contributed by atoms with E-state index >= 15 is 0 Å². The number of benzene rings is 14. The van der Waals surface area contributed by atoms with Gasteiger partial charge in [-0.15, -0.1) is 0 Å². The molecule has 0 amide bonds. The molecule has 16 aromatic carbocycles. The summed E-state index contributed by atoms with van der Waals surface area (Å²) in [6.45, 7) is 2.23. The van der Waals surface area contributed by atoms with Crippen LogP contribution in [0.3, 0.4) is 0 Å². The quantitative estimate of drug-likeness (QED) is 0.123. The molecule has 0 N–H and O–H groups in total. The molecule has 1 aliphatic rings. The topological polar surface area (TPSA) is 0 Å². The maximum atomic E-state index is 2.56. The van der Waals surface area contributed by atoms with Gasteiger partial charge in [-0.2, -0.15) is 0 Å². The minimum atomic E-state index is 1.24.